The second kappa shape index (κ2) is 10.7. The third-order valence-corrected chi connectivity index (χ3v) is 7.24. The highest BCUT2D eigenvalue weighted by Gasteiger charge is 2.38. The molecule has 4 aromatic rings. The quantitative estimate of drug-likeness (QED) is 0.281. The van der Waals surface area contributed by atoms with E-state index in [2.05, 4.69) is 20.3 Å². The van der Waals surface area contributed by atoms with Crippen molar-refractivity contribution in [3.63, 3.8) is 0 Å². The molecule has 202 valence electrons. The molecule has 0 radical (unpaired) electrons. The topological polar surface area (TPSA) is 117 Å². The molecule has 1 atom stereocenters. The van der Waals surface area contributed by atoms with Crippen molar-refractivity contribution in [2.45, 2.75) is 30.8 Å². The van der Waals surface area contributed by atoms with E-state index in [9.17, 15) is 23.1 Å². The van der Waals surface area contributed by atoms with Crippen molar-refractivity contribution in [2.24, 2.45) is 5.73 Å². The van der Waals surface area contributed by atoms with Gasteiger partial charge < -0.3 is 21.1 Å². The molecule has 12 heteroatoms. The van der Waals surface area contributed by atoms with E-state index in [0.717, 1.165) is 6.07 Å². The van der Waals surface area contributed by atoms with E-state index in [0.29, 0.717) is 41.1 Å². The lowest BCUT2D eigenvalue weighted by atomic mass is 9.89. The number of aromatic nitrogens is 3. The van der Waals surface area contributed by atoms with Crippen molar-refractivity contribution in [1.82, 2.24) is 15.0 Å². The summed E-state index contributed by atoms with van der Waals surface area (Å²) in [6.45, 7) is 0.815. The lowest BCUT2D eigenvalue weighted by Gasteiger charge is -2.36. The minimum Gasteiger partial charge on any atom is -0.480 e. The lowest BCUT2D eigenvalue weighted by molar-refractivity contribution is -0.144. The van der Waals surface area contributed by atoms with Crippen LogP contribution in [0.25, 0.3) is 22.0 Å². The lowest BCUT2D eigenvalue weighted by Crippen LogP contribution is -2.55. The Kier molecular flexibility index (Phi) is 7.28. The number of halogens is 4. The molecule has 0 spiro atoms. The molecule has 2 aromatic heterocycles. The molecule has 39 heavy (non-hydrogen) atoms. The fraction of sp³-hybridized carbons (Fsp3) is 0.259. The van der Waals surface area contributed by atoms with Crippen molar-refractivity contribution in [1.29, 1.82) is 0 Å². The van der Waals surface area contributed by atoms with E-state index in [1.54, 1.807) is 30.6 Å². The zero-order valence-corrected chi connectivity index (χ0v) is 21.2. The Morgan fingerprint density at radius 2 is 1.74 bits per heavy atom. The Morgan fingerprint density at radius 3 is 2.38 bits per heavy atom. The molecule has 4 N–H and O–H groups in total. The van der Waals surface area contributed by atoms with E-state index in [1.807, 2.05) is 4.90 Å². The molecule has 1 fully saturated rings. The monoisotopic (exact) mass is 556 g/mol. The van der Waals surface area contributed by atoms with E-state index >= 15 is 0 Å². The number of hydrogen-bond acceptors (Lipinski definition) is 7. The van der Waals surface area contributed by atoms with Crippen LogP contribution in [0.1, 0.15) is 24.4 Å². The van der Waals surface area contributed by atoms with Gasteiger partial charge in [-0.3, -0.25) is 9.78 Å². The number of alkyl halides is 2. The van der Waals surface area contributed by atoms with Crippen LogP contribution >= 0.6 is 11.6 Å². The first-order chi connectivity index (χ1) is 18.7. The number of carboxylic acid groups (broad SMARTS) is 1. The molecular formula is C27H24ClF3N6O2. The Morgan fingerprint density at radius 1 is 1.05 bits per heavy atom. The summed E-state index contributed by atoms with van der Waals surface area (Å²) in [5.41, 5.74) is 6.56. The van der Waals surface area contributed by atoms with Crippen LogP contribution in [0.3, 0.4) is 0 Å². The van der Waals surface area contributed by atoms with Gasteiger partial charge in [-0.1, -0.05) is 35.9 Å². The molecule has 0 aliphatic carbocycles. The van der Waals surface area contributed by atoms with Crippen LogP contribution in [-0.2, 0) is 4.79 Å². The van der Waals surface area contributed by atoms with Crippen molar-refractivity contribution >= 4 is 40.1 Å². The van der Waals surface area contributed by atoms with Crippen LogP contribution in [0.5, 0.6) is 0 Å². The molecular weight excluding hydrogens is 533 g/mol. The number of pyridine rings is 1. The maximum atomic E-state index is 14.4. The predicted molar refractivity (Wildman–Crippen MR) is 143 cm³/mol. The predicted octanol–water partition coefficient (Wildman–Crippen LogP) is 5.28. The van der Waals surface area contributed by atoms with Gasteiger partial charge in [0, 0.05) is 48.2 Å². The van der Waals surface area contributed by atoms with Gasteiger partial charge in [0.15, 0.2) is 0 Å². The minimum atomic E-state index is -2.92. The average Bonchev–Trinajstić information content (AvgIpc) is 2.93. The van der Waals surface area contributed by atoms with Crippen molar-refractivity contribution in [2.75, 3.05) is 23.3 Å². The van der Waals surface area contributed by atoms with Crippen LogP contribution in [-0.4, -0.2) is 51.1 Å². The van der Waals surface area contributed by atoms with Crippen LogP contribution in [0.15, 0.2) is 61.1 Å². The maximum absolute atomic E-state index is 14.4. The highest BCUT2D eigenvalue weighted by atomic mass is 35.5. The van der Waals surface area contributed by atoms with Crippen molar-refractivity contribution in [3.05, 3.63) is 77.5 Å². The van der Waals surface area contributed by atoms with Crippen LogP contribution in [0, 0.1) is 5.82 Å². The van der Waals surface area contributed by atoms with Gasteiger partial charge in [0.2, 0.25) is 5.95 Å². The first-order valence-corrected chi connectivity index (χ1v) is 12.5. The van der Waals surface area contributed by atoms with Gasteiger partial charge in [-0.05, 0) is 36.6 Å². The van der Waals surface area contributed by atoms with Gasteiger partial charge in [-0.15, -0.1) is 0 Å². The summed E-state index contributed by atoms with van der Waals surface area (Å²) in [4.78, 5) is 26.4. The Bertz CT molecular complexity index is 1510. The number of nitrogens with zero attached hydrogens (tertiary/aromatic N) is 4. The summed E-state index contributed by atoms with van der Waals surface area (Å²) in [6.07, 6.45) is 2.23. The zero-order chi connectivity index (χ0) is 27.7. The molecule has 8 nitrogen and oxygen atoms in total. The highest BCUT2D eigenvalue weighted by molar-refractivity contribution is 6.34. The third kappa shape index (κ3) is 5.32. The van der Waals surface area contributed by atoms with E-state index in [-0.39, 0.29) is 29.1 Å². The molecule has 2 aromatic carbocycles. The zero-order valence-electron chi connectivity index (χ0n) is 20.5. The number of carboxylic acids is 1. The second-order valence-corrected chi connectivity index (χ2v) is 9.82. The van der Waals surface area contributed by atoms with Crippen LogP contribution < -0.4 is 16.0 Å². The summed E-state index contributed by atoms with van der Waals surface area (Å²) in [6, 6.07) is 8.96. The van der Waals surface area contributed by atoms with Gasteiger partial charge in [-0.2, -0.15) is 0 Å². The molecule has 3 heterocycles. The van der Waals surface area contributed by atoms with Gasteiger partial charge in [0.1, 0.15) is 17.4 Å². The largest absolute Gasteiger partial charge is 0.480 e. The number of benzene rings is 2. The number of rotatable bonds is 7. The average molecular weight is 557 g/mol. The molecule has 0 saturated carbocycles. The first kappa shape index (κ1) is 26.6. The number of carbonyl (C=O) groups is 1. The normalized spacial score (nSPS) is 15.9. The molecule has 5 rings (SSSR count). The summed E-state index contributed by atoms with van der Waals surface area (Å²) >= 11 is 6.38. The molecule has 1 aliphatic rings. The number of aliphatic carboxylic acids is 1. The fourth-order valence-electron chi connectivity index (χ4n) is 4.61. The van der Waals surface area contributed by atoms with Gasteiger partial charge in [0.05, 0.1) is 16.2 Å². The summed E-state index contributed by atoms with van der Waals surface area (Å²) in [5.74, 6) is -1.33. The second-order valence-electron chi connectivity index (χ2n) is 9.41. The third-order valence-electron chi connectivity index (χ3n) is 6.95. The molecule has 1 unspecified atom stereocenters. The number of anilines is 2. The first-order valence-electron chi connectivity index (χ1n) is 12.1. The fourth-order valence-corrected chi connectivity index (χ4v) is 4.81. The Balaban J connectivity index is 1.44. The Labute approximate surface area is 226 Å². The molecule has 0 bridgehead atoms. The smallest absolute Gasteiger partial charge is 0.323 e. The minimum absolute atomic E-state index is 0.107. The van der Waals surface area contributed by atoms with E-state index < -0.39 is 29.8 Å². The maximum Gasteiger partial charge on any atom is 0.323 e. The summed E-state index contributed by atoms with van der Waals surface area (Å²) < 4.78 is 42.5. The number of fused-ring (bicyclic) bond motifs is 1. The van der Waals surface area contributed by atoms with Crippen molar-refractivity contribution in [3.8, 4) is 11.1 Å². The van der Waals surface area contributed by atoms with E-state index in [4.69, 9.17) is 17.3 Å². The van der Waals surface area contributed by atoms with E-state index in [1.165, 1.54) is 24.4 Å². The number of nitrogens with two attached hydrogens (primary N) is 1. The van der Waals surface area contributed by atoms with Gasteiger partial charge in [0.25, 0.3) is 6.43 Å². The number of hydrogen-bond donors (Lipinski definition) is 3. The number of piperidine rings is 1. The SMILES string of the molecule is NC1(C(=O)O)CCN(c2ncc(-c3ccc4ncc(Cl)c(NC(c5ccccc5F)C(F)F)c4c3)cn2)CC1. The van der Waals surface area contributed by atoms with Crippen LogP contribution in [0.2, 0.25) is 5.02 Å². The summed E-state index contributed by atoms with van der Waals surface area (Å²) in [7, 11) is 0. The molecule has 1 aliphatic heterocycles. The molecule has 1 saturated heterocycles. The van der Waals surface area contributed by atoms with Crippen molar-refractivity contribution < 1.29 is 23.1 Å². The summed E-state index contributed by atoms with van der Waals surface area (Å²) in [5, 5.41) is 12.6. The standard InChI is InChI=1S/C27H24ClF3N6O2/c28-19-14-33-21-6-5-15(11-18(21)22(19)36-23(24(30)31)17-3-1-2-4-20(17)29)16-12-34-26(35-13-16)37-9-7-27(32,8-10-37)25(38)39/h1-6,11-14,23-24H,7-10,32H2,(H,33,36)(H,38,39). The highest BCUT2D eigenvalue weighted by Crippen LogP contribution is 2.37. The Hall–Kier alpha value is -3.96. The van der Waals surface area contributed by atoms with Gasteiger partial charge >= 0.3 is 5.97 Å². The number of nitrogens with one attached hydrogen (secondary N) is 1. The van der Waals surface area contributed by atoms with Crippen LogP contribution in [0.4, 0.5) is 24.8 Å². The van der Waals surface area contributed by atoms with Gasteiger partial charge in [-0.25, -0.2) is 23.1 Å². The molecule has 0 amide bonds.